The first-order chi connectivity index (χ1) is 11.5. The van der Waals surface area contributed by atoms with Crippen LogP contribution in [-0.2, 0) is 4.79 Å². The monoisotopic (exact) mass is 357 g/mol. The van der Waals surface area contributed by atoms with Crippen LogP contribution in [0.1, 0.15) is 64.7 Å². The number of carbonyl (C=O) groups excluding carboxylic acids is 1. The molecule has 2 N–H and O–H groups in total. The van der Waals surface area contributed by atoms with Gasteiger partial charge in [-0.05, 0) is 37.5 Å². The maximum absolute atomic E-state index is 11.9. The van der Waals surface area contributed by atoms with Gasteiger partial charge in [0.2, 0.25) is 0 Å². The zero-order valence-electron chi connectivity index (χ0n) is 14.3. The van der Waals surface area contributed by atoms with Gasteiger partial charge in [0.15, 0.2) is 0 Å². The summed E-state index contributed by atoms with van der Waals surface area (Å²) in [5.41, 5.74) is 0. The Hall–Kier alpha value is -1.17. The Morgan fingerprint density at radius 2 is 1.92 bits per heavy atom. The summed E-state index contributed by atoms with van der Waals surface area (Å²) in [6, 6.07) is -1.59. The summed E-state index contributed by atoms with van der Waals surface area (Å²) >= 11 is 6.23. The standard InChI is InChI=1S/C17H28ClN3O3/c1-11-7-8-13(10-14(11)18)20-21-17(24)19-15(16(22)23)9-12-5-3-2-4-6-12/h11-15H,2-10H2,1H3,(H,19,24)(H,22,23). The number of carboxylic acids is 1. The highest BCUT2D eigenvalue weighted by atomic mass is 35.5. The molecule has 136 valence electrons. The lowest BCUT2D eigenvalue weighted by atomic mass is 9.85. The minimum Gasteiger partial charge on any atom is -0.480 e. The molecule has 0 saturated heterocycles. The normalized spacial score (nSPS) is 30.2. The van der Waals surface area contributed by atoms with Crippen molar-refractivity contribution in [3.63, 3.8) is 0 Å². The van der Waals surface area contributed by atoms with Crippen LogP contribution in [-0.4, -0.2) is 34.6 Å². The minimum atomic E-state index is -1.00. The van der Waals surface area contributed by atoms with Crippen molar-refractivity contribution in [1.82, 2.24) is 5.32 Å². The second kappa shape index (κ2) is 9.35. The molecule has 2 aliphatic rings. The number of azo groups is 1. The van der Waals surface area contributed by atoms with Crippen LogP contribution in [0, 0.1) is 11.8 Å². The van der Waals surface area contributed by atoms with Crippen LogP contribution in [0.2, 0.25) is 0 Å². The second-order valence-corrected chi connectivity index (χ2v) is 7.82. The quantitative estimate of drug-likeness (QED) is 0.565. The highest BCUT2D eigenvalue weighted by Crippen LogP contribution is 2.30. The van der Waals surface area contributed by atoms with E-state index in [4.69, 9.17) is 11.6 Å². The van der Waals surface area contributed by atoms with E-state index in [2.05, 4.69) is 22.5 Å². The molecule has 2 aliphatic carbocycles. The Bertz CT molecular complexity index is 466. The molecule has 7 heteroatoms. The first-order valence-electron chi connectivity index (χ1n) is 9.04. The molecule has 0 bridgehead atoms. The van der Waals surface area contributed by atoms with Crippen molar-refractivity contribution in [2.24, 2.45) is 22.1 Å². The Morgan fingerprint density at radius 1 is 1.21 bits per heavy atom. The van der Waals surface area contributed by atoms with Crippen LogP contribution in [0.4, 0.5) is 4.79 Å². The van der Waals surface area contributed by atoms with Gasteiger partial charge in [0.05, 0.1) is 6.04 Å². The molecule has 0 spiro atoms. The predicted molar refractivity (Wildman–Crippen MR) is 92.4 cm³/mol. The average Bonchev–Trinajstić information content (AvgIpc) is 2.56. The summed E-state index contributed by atoms with van der Waals surface area (Å²) < 4.78 is 0. The number of amides is 2. The number of hydrogen-bond acceptors (Lipinski definition) is 3. The Balaban J connectivity index is 1.81. The number of carboxylic acid groups (broad SMARTS) is 1. The van der Waals surface area contributed by atoms with Crippen LogP contribution in [0.3, 0.4) is 0 Å². The molecule has 0 heterocycles. The van der Waals surface area contributed by atoms with Crippen LogP contribution in [0.25, 0.3) is 0 Å². The summed E-state index contributed by atoms with van der Waals surface area (Å²) in [5, 5.41) is 19.6. The van der Waals surface area contributed by atoms with Gasteiger partial charge < -0.3 is 10.4 Å². The molecule has 4 unspecified atom stereocenters. The van der Waals surface area contributed by atoms with Crippen LogP contribution < -0.4 is 5.32 Å². The van der Waals surface area contributed by atoms with E-state index in [1.54, 1.807) is 0 Å². The van der Waals surface area contributed by atoms with Gasteiger partial charge in [0.1, 0.15) is 6.04 Å². The maximum Gasteiger partial charge on any atom is 0.359 e. The minimum absolute atomic E-state index is 0.0453. The fourth-order valence-electron chi connectivity index (χ4n) is 3.64. The zero-order chi connectivity index (χ0) is 17.5. The molecule has 0 aliphatic heterocycles. The summed E-state index contributed by atoms with van der Waals surface area (Å²) in [7, 11) is 0. The highest BCUT2D eigenvalue weighted by molar-refractivity contribution is 6.20. The van der Waals surface area contributed by atoms with Crippen molar-refractivity contribution in [2.45, 2.75) is 82.2 Å². The fourth-order valence-corrected chi connectivity index (χ4v) is 3.97. The van der Waals surface area contributed by atoms with E-state index >= 15 is 0 Å². The third kappa shape index (κ3) is 6.04. The lowest BCUT2D eigenvalue weighted by molar-refractivity contribution is -0.139. The number of aliphatic carboxylic acids is 1. The van der Waals surface area contributed by atoms with Crippen LogP contribution in [0.15, 0.2) is 10.2 Å². The number of halogens is 1. The van der Waals surface area contributed by atoms with E-state index < -0.39 is 18.0 Å². The van der Waals surface area contributed by atoms with Gasteiger partial charge in [-0.2, -0.15) is 5.11 Å². The van der Waals surface area contributed by atoms with Crippen molar-refractivity contribution < 1.29 is 14.7 Å². The first-order valence-corrected chi connectivity index (χ1v) is 9.47. The predicted octanol–water partition coefficient (Wildman–Crippen LogP) is 4.37. The number of rotatable bonds is 5. The maximum atomic E-state index is 11.9. The second-order valence-electron chi connectivity index (χ2n) is 7.26. The molecular formula is C17H28ClN3O3. The van der Waals surface area contributed by atoms with Gasteiger partial charge in [-0.25, -0.2) is 9.59 Å². The molecule has 0 aromatic heterocycles. The number of urea groups is 1. The molecule has 0 aromatic carbocycles. The van der Waals surface area contributed by atoms with Gasteiger partial charge in [-0.15, -0.1) is 11.6 Å². The largest absolute Gasteiger partial charge is 0.480 e. The first kappa shape index (κ1) is 19.2. The van der Waals surface area contributed by atoms with Gasteiger partial charge in [-0.3, -0.25) is 0 Å². The Kier molecular flexibility index (Phi) is 7.46. The summed E-state index contributed by atoms with van der Waals surface area (Å²) in [6.45, 7) is 2.11. The van der Waals surface area contributed by atoms with Crippen molar-refractivity contribution in [2.75, 3.05) is 0 Å². The van der Waals surface area contributed by atoms with Crippen molar-refractivity contribution >= 4 is 23.6 Å². The molecule has 24 heavy (non-hydrogen) atoms. The number of alkyl halides is 1. The molecule has 2 saturated carbocycles. The van der Waals surface area contributed by atoms with E-state index in [9.17, 15) is 14.7 Å². The number of hydrogen-bond donors (Lipinski definition) is 2. The van der Waals surface area contributed by atoms with E-state index in [0.717, 1.165) is 38.5 Å². The Labute approximate surface area is 148 Å². The number of nitrogens with zero attached hydrogens (tertiary/aromatic N) is 2. The summed E-state index contributed by atoms with van der Waals surface area (Å²) in [4.78, 5) is 23.3. The molecule has 2 amide bonds. The summed E-state index contributed by atoms with van der Waals surface area (Å²) in [5.74, 6) is -0.177. The third-order valence-corrected chi connectivity index (χ3v) is 5.88. The molecule has 6 nitrogen and oxygen atoms in total. The third-order valence-electron chi connectivity index (χ3n) is 5.27. The Morgan fingerprint density at radius 3 is 2.54 bits per heavy atom. The van der Waals surface area contributed by atoms with Gasteiger partial charge in [0, 0.05) is 5.38 Å². The molecule has 2 fully saturated rings. The van der Waals surface area contributed by atoms with E-state index in [1.165, 1.54) is 6.42 Å². The van der Waals surface area contributed by atoms with Gasteiger partial charge >= 0.3 is 12.0 Å². The van der Waals surface area contributed by atoms with Gasteiger partial charge in [-0.1, -0.05) is 44.1 Å². The molecule has 4 atom stereocenters. The topological polar surface area (TPSA) is 91.1 Å². The lowest BCUT2D eigenvalue weighted by Crippen LogP contribution is -2.41. The SMILES string of the molecule is CC1CCC(N=NC(=O)NC(CC2CCCCC2)C(=O)O)CC1Cl. The smallest absolute Gasteiger partial charge is 0.359 e. The van der Waals surface area contributed by atoms with Crippen LogP contribution >= 0.6 is 11.6 Å². The number of carbonyl (C=O) groups is 2. The molecular weight excluding hydrogens is 330 g/mol. The lowest BCUT2D eigenvalue weighted by Gasteiger charge is -2.27. The zero-order valence-corrected chi connectivity index (χ0v) is 15.0. The van der Waals surface area contributed by atoms with E-state index in [-0.39, 0.29) is 11.4 Å². The molecule has 0 radical (unpaired) electrons. The van der Waals surface area contributed by atoms with Gasteiger partial charge in [0.25, 0.3) is 0 Å². The highest BCUT2D eigenvalue weighted by Gasteiger charge is 2.27. The van der Waals surface area contributed by atoms with E-state index in [1.807, 2.05) is 0 Å². The van der Waals surface area contributed by atoms with E-state index in [0.29, 0.717) is 24.7 Å². The fraction of sp³-hybridized carbons (Fsp3) is 0.882. The van der Waals surface area contributed by atoms with Crippen molar-refractivity contribution in [1.29, 1.82) is 0 Å². The molecule has 0 aromatic rings. The van der Waals surface area contributed by atoms with Crippen molar-refractivity contribution in [3.05, 3.63) is 0 Å². The average molecular weight is 358 g/mol. The van der Waals surface area contributed by atoms with Crippen LogP contribution in [0.5, 0.6) is 0 Å². The summed E-state index contributed by atoms with van der Waals surface area (Å²) in [6.07, 6.45) is 8.61. The van der Waals surface area contributed by atoms with Crippen molar-refractivity contribution in [3.8, 4) is 0 Å². The molecule has 2 rings (SSSR count). The number of nitrogens with one attached hydrogen (secondary N) is 1.